The van der Waals surface area contributed by atoms with Gasteiger partial charge in [0.25, 0.3) is 0 Å². The van der Waals surface area contributed by atoms with Gasteiger partial charge in [-0.05, 0) is 33.6 Å². The van der Waals surface area contributed by atoms with Crippen molar-refractivity contribution in [3.63, 3.8) is 0 Å². The Balaban J connectivity index is 2.92. The van der Waals surface area contributed by atoms with E-state index in [1.165, 1.54) is 0 Å². The first-order valence-electron chi connectivity index (χ1n) is 4.40. The van der Waals surface area contributed by atoms with Crippen LogP contribution in [0.1, 0.15) is 11.7 Å². The van der Waals surface area contributed by atoms with Gasteiger partial charge in [0, 0.05) is 5.75 Å². The Hall–Kier alpha value is -0.230. The Morgan fingerprint density at radius 2 is 2.13 bits per heavy atom. The van der Waals surface area contributed by atoms with Gasteiger partial charge >= 0.3 is 0 Å². The molecule has 0 spiro atoms. The van der Waals surface area contributed by atoms with Gasteiger partial charge in [0.05, 0.1) is 17.7 Å². The predicted octanol–water partition coefficient (Wildman–Crippen LogP) is 1.78. The van der Waals surface area contributed by atoms with E-state index in [4.69, 9.17) is 4.74 Å². The molecule has 0 bridgehead atoms. The summed E-state index contributed by atoms with van der Waals surface area (Å²) in [7, 11) is 1.57. The van der Waals surface area contributed by atoms with E-state index in [-0.39, 0.29) is 5.75 Å². The van der Waals surface area contributed by atoms with Crippen molar-refractivity contribution < 1.29 is 14.9 Å². The summed E-state index contributed by atoms with van der Waals surface area (Å²) in [5.74, 6) is 0.900. The Morgan fingerprint density at radius 1 is 1.47 bits per heavy atom. The fourth-order valence-corrected chi connectivity index (χ4v) is 1.95. The molecule has 5 heteroatoms. The first-order chi connectivity index (χ1) is 7.10. The SMILES string of the molecule is COc1ccc(C(O)C(O)CS)cc1Br. The maximum atomic E-state index is 9.72. The number of aliphatic hydroxyl groups excluding tert-OH is 2. The van der Waals surface area contributed by atoms with Gasteiger partial charge in [-0.1, -0.05) is 6.07 Å². The van der Waals surface area contributed by atoms with Crippen molar-refractivity contribution in [3.8, 4) is 5.75 Å². The number of hydrogen-bond donors (Lipinski definition) is 3. The van der Waals surface area contributed by atoms with Gasteiger partial charge in [0.1, 0.15) is 11.9 Å². The smallest absolute Gasteiger partial charge is 0.133 e. The molecule has 0 saturated carbocycles. The molecule has 2 N–H and O–H groups in total. The van der Waals surface area contributed by atoms with Gasteiger partial charge in [0.15, 0.2) is 0 Å². The minimum absolute atomic E-state index is 0.213. The molecule has 84 valence electrons. The highest BCUT2D eigenvalue weighted by molar-refractivity contribution is 9.10. The summed E-state index contributed by atoms with van der Waals surface area (Å²) in [6, 6.07) is 5.16. The second kappa shape index (κ2) is 5.75. The summed E-state index contributed by atoms with van der Waals surface area (Å²) in [5.41, 5.74) is 0.629. The van der Waals surface area contributed by atoms with E-state index >= 15 is 0 Å². The van der Waals surface area contributed by atoms with E-state index in [1.54, 1.807) is 25.3 Å². The van der Waals surface area contributed by atoms with Crippen molar-refractivity contribution in [2.24, 2.45) is 0 Å². The summed E-state index contributed by atoms with van der Waals surface area (Å²) in [6.45, 7) is 0. The lowest BCUT2D eigenvalue weighted by molar-refractivity contribution is 0.0337. The minimum Gasteiger partial charge on any atom is -0.496 e. The van der Waals surface area contributed by atoms with E-state index in [0.29, 0.717) is 11.3 Å². The number of methoxy groups -OCH3 is 1. The normalized spacial score (nSPS) is 14.7. The van der Waals surface area contributed by atoms with Gasteiger partial charge in [-0.15, -0.1) is 0 Å². The van der Waals surface area contributed by atoms with Crippen LogP contribution in [0, 0.1) is 0 Å². The Bertz CT molecular complexity index is 332. The number of thiol groups is 1. The Kier molecular flexibility index (Phi) is 4.92. The monoisotopic (exact) mass is 292 g/mol. The van der Waals surface area contributed by atoms with Crippen molar-refractivity contribution in [2.45, 2.75) is 12.2 Å². The lowest BCUT2D eigenvalue weighted by atomic mass is 10.1. The van der Waals surface area contributed by atoms with E-state index < -0.39 is 12.2 Å². The van der Waals surface area contributed by atoms with Crippen molar-refractivity contribution in [1.82, 2.24) is 0 Å². The molecular weight excluding hydrogens is 280 g/mol. The summed E-state index contributed by atoms with van der Waals surface area (Å²) in [5, 5.41) is 19.1. The molecular formula is C10H13BrO3S. The molecule has 0 heterocycles. The Morgan fingerprint density at radius 3 is 2.60 bits per heavy atom. The van der Waals surface area contributed by atoms with Gasteiger partial charge in [-0.2, -0.15) is 12.6 Å². The van der Waals surface area contributed by atoms with Gasteiger partial charge in [0.2, 0.25) is 0 Å². The van der Waals surface area contributed by atoms with E-state index in [1.807, 2.05) is 0 Å². The number of ether oxygens (including phenoxy) is 1. The van der Waals surface area contributed by atoms with Crippen LogP contribution in [-0.4, -0.2) is 29.2 Å². The third-order valence-corrected chi connectivity index (χ3v) is 3.06. The molecule has 0 aliphatic carbocycles. The highest BCUT2D eigenvalue weighted by atomic mass is 79.9. The van der Waals surface area contributed by atoms with E-state index in [0.717, 1.165) is 4.47 Å². The highest BCUT2D eigenvalue weighted by Gasteiger charge is 2.17. The molecule has 1 rings (SSSR count). The fraction of sp³-hybridized carbons (Fsp3) is 0.400. The lowest BCUT2D eigenvalue weighted by Crippen LogP contribution is -2.19. The van der Waals surface area contributed by atoms with Gasteiger partial charge < -0.3 is 14.9 Å². The van der Waals surface area contributed by atoms with Crippen LogP contribution in [-0.2, 0) is 0 Å². The van der Waals surface area contributed by atoms with Gasteiger partial charge in [-0.3, -0.25) is 0 Å². The average Bonchev–Trinajstić information content (AvgIpc) is 2.26. The Labute approximate surface area is 103 Å². The third-order valence-electron chi connectivity index (χ3n) is 2.07. The quantitative estimate of drug-likeness (QED) is 0.742. The fourth-order valence-electron chi connectivity index (χ4n) is 1.19. The largest absolute Gasteiger partial charge is 0.496 e. The second-order valence-corrected chi connectivity index (χ2v) is 4.31. The van der Waals surface area contributed by atoms with Crippen molar-refractivity contribution in [1.29, 1.82) is 0 Å². The van der Waals surface area contributed by atoms with Crippen LogP contribution in [0.3, 0.4) is 0 Å². The van der Waals surface area contributed by atoms with Crippen LogP contribution in [0.25, 0.3) is 0 Å². The number of aliphatic hydroxyl groups is 2. The van der Waals surface area contributed by atoms with E-state index in [2.05, 4.69) is 28.6 Å². The van der Waals surface area contributed by atoms with Crippen LogP contribution in [0.5, 0.6) is 5.75 Å². The average molecular weight is 293 g/mol. The van der Waals surface area contributed by atoms with Crippen molar-refractivity contribution in [3.05, 3.63) is 28.2 Å². The molecule has 1 aromatic rings. The molecule has 0 radical (unpaired) electrons. The molecule has 15 heavy (non-hydrogen) atoms. The zero-order valence-electron chi connectivity index (χ0n) is 8.22. The van der Waals surface area contributed by atoms with Crippen LogP contribution in [0.15, 0.2) is 22.7 Å². The summed E-state index contributed by atoms with van der Waals surface area (Å²) >= 11 is 7.23. The predicted molar refractivity (Wildman–Crippen MR) is 65.5 cm³/mol. The molecule has 2 atom stereocenters. The summed E-state index contributed by atoms with van der Waals surface area (Å²) < 4.78 is 5.80. The molecule has 0 aromatic heterocycles. The van der Waals surface area contributed by atoms with Gasteiger partial charge in [-0.25, -0.2) is 0 Å². The van der Waals surface area contributed by atoms with E-state index in [9.17, 15) is 10.2 Å². The maximum absolute atomic E-state index is 9.72. The maximum Gasteiger partial charge on any atom is 0.133 e. The molecule has 0 aliphatic rings. The first kappa shape index (κ1) is 12.8. The molecule has 0 saturated heterocycles. The zero-order valence-corrected chi connectivity index (χ0v) is 10.7. The van der Waals surface area contributed by atoms with Crippen LogP contribution >= 0.6 is 28.6 Å². The van der Waals surface area contributed by atoms with Crippen LogP contribution in [0.4, 0.5) is 0 Å². The second-order valence-electron chi connectivity index (χ2n) is 3.09. The molecule has 0 aliphatic heterocycles. The number of hydrogen-bond acceptors (Lipinski definition) is 4. The summed E-state index contributed by atoms with van der Waals surface area (Å²) in [4.78, 5) is 0. The number of rotatable bonds is 4. The van der Waals surface area contributed by atoms with Crippen molar-refractivity contribution >= 4 is 28.6 Å². The molecule has 3 nitrogen and oxygen atoms in total. The van der Waals surface area contributed by atoms with Crippen LogP contribution < -0.4 is 4.74 Å². The zero-order chi connectivity index (χ0) is 11.4. The lowest BCUT2D eigenvalue weighted by Gasteiger charge is -2.16. The molecule has 0 fully saturated rings. The van der Waals surface area contributed by atoms with Crippen molar-refractivity contribution in [2.75, 3.05) is 12.9 Å². The minimum atomic E-state index is -0.926. The summed E-state index contributed by atoms with van der Waals surface area (Å²) in [6.07, 6.45) is -1.79. The third kappa shape index (κ3) is 3.11. The topological polar surface area (TPSA) is 49.7 Å². The number of benzene rings is 1. The standard InChI is InChI=1S/C10H13BrO3S/c1-14-9-3-2-6(4-7(9)11)10(13)8(12)5-15/h2-4,8,10,12-13,15H,5H2,1H3. The van der Waals surface area contributed by atoms with Crippen LogP contribution in [0.2, 0.25) is 0 Å². The first-order valence-corrected chi connectivity index (χ1v) is 5.83. The highest BCUT2D eigenvalue weighted by Crippen LogP contribution is 2.29. The molecule has 2 unspecified atom stereocenters. The molecule has 0 amide bonds. The molecule has 1 aromatic carbocycles. The number of halogens is 1.